The molecule has 0 unspecified atom stereocenters. The molecule has 5 rings (SSSR count). The van der Waals surface area contributed by atoms with Gasteiger partial charge in [-0.2, -0.15) is 5.26 Å². The second kappa shape index (κ2) is 13.1. The first-order valence-electron chi connectivity index (χ1n) is 13.4. The molecule has 1 amide bonds. The van der Waals surface area contributed by atoms with E-state index in [0.29, 0.717) is 67.8 Å². The Kier molecular flexibility index (Phi) is 8.85. The highest BCUT2D eigenvalue weighted by Gasteiger charge is 2.18. The van der Waals surface area contributed by atoms with E-state index in [4.69, 9.17) is 21.1 Å². The van der Waals surface area contributed by atoms with Gasteiger partial charge in [-0.05, 0) is 54.4 Å². The Labute approximate surface area is 253 Å². The summed E-state index contributed by atoms with van der Waals surface area (Å²) in [6, 6.07) is 26.0. The number of rotatable bonds is 10. The normalized spacial score (nSPS) is 10.6. The second-order valence-electron chi connectivity index (χ2n) is 9.44. The van der Waals surface area contributed by atoms with E-state index in [2.05, 4.69) is 28.3 Å². The van der Waals surface area contributed by atoms with Crippen LogP contribution in [0.25, 0.3) is 16.5 Å². The molecule has 2 N–H and O–H groups in total. The quantitative estimate of drug-likeness (QED) is 0.158. The molecule has 214 valence electrons. The van der Waals surface area contributed by atoms with Gasteiger partial charge in [0.25, 0.3) is 5.91 Å². The predicted octanol–water partition coefficient (Wildman–Crippen LogP) is 8.27. The molecule has 0 saturated heterocycles. The largest absolute Gasteiger partial charge is 0.492 e. The highest BCUT2D eigenvalue weighted by Crippen LogP contribution is 2.37. The molecule has 4 aromatic carbocycles. The van der Waals surface area contributed by atoms with Crippen molar-refractivity contribution >= 4 is 51.0 Å². The van der Waals surface area contributed by atoms with Gasteiger partial charge in [0.05, 0.1) is 34.1 Å². The minimum atomic E-state index is -0.397. The average molecular weight is 593 g/mol. The Bertz CT molecular complexity index is 1870. The van der Waals surface area contributed by atoms with Crippen LogP contribution in [0.2, 0.25) is 5.02 Å². The number of amides is 1. The van der Waals surface area contributed by atoms with Crippen LogP contribution in [0.4, 0.5) is 21.5 Å². The van der Waals surface area contributed by atoms with E-state index in [1.54, 1.807) is 54.6 Å². The number of anilines is 3. The number of hydrogen-bond acceptors (Lipinski definition) is 6. The minimum absolute atomic E-state index is 0.144. The highest BCUT2D eigenvalue weighted by molar-refractivity contribution is 6.32. The van der Waals surface area contributed by atoms with Crippen LogP contribution in [0, 0.1) is 17.1 Å². The lowest BCUT2D eigenvalue weighted by Crippen LogP contribution is -2.14. The summed E-state index contributed by atoms with van der Waals surface area (Å²) in [5, 5.41) is 17.0. The molecule has 0 bridgehead atoms. The molecule has 43 heavy (non-hydrogen) atoms. The Morgan fingerprint density at radius 2 is 1.84 bits per heavy atom. The summed E-state index contributed by atoms with van der Waals surface area (Å²) in [6.45, 7) is 6.30. The summed E-state index contributed by atoms with van der Waals surface area (Å²) in [7, 11) is 0. The fraction of sp³-hybridized carbons (Fsp3) is 0.0882. The number of nitrogens with one attached hydrogen (secondary N) is 2. The van der Waals surface area contributed by atoms with Crippen LogP contribution in [-0.2, 0) is 11.4 Å². The number of nitriles is 1. The third-order valence-electron chi connectivity index (χ3n) is 6.52. The first-order chi connectivity index (χ1) is 20.9. The van der Waals surface area contributed by atoms with Crippen molar-refractivity contribution in [3.63, 3.8) is 0 Å². The lowest BCUT2D eigenvalue weighted by atomic mass is 10.1. The van der Waals surface area contributed by atoms with Crippen molar-refractivity contribution < 1.29 is 18.7 Å². The SMILES string of the molecule is C=C(C(=O)Nc1cc2c(Nc3ccc(OCc4cccc(F)c4)c(Cl)c3)c(C#N)cnc2cc1OCC)c1ccccc1. The summed E-state index contributed by atoms with van der Waals surface area (Å²) in [6.07, 6.45) is 1.47. The first kappa shape index (κ1) is 29.1. The van der Waals surface area contributed by atoms with Crippen LogP contribution in [0.1, 0.15) is 23.6 Å². The summed E-state index contributed by atoms with van der Waals surface area (Å²) >= 11 is 6.51. The number of aromatic nitrogens is 1. The summed E-state index contributed by atoms with van der Waals surface area (Å²) in [5.41, 5.74) is 3.93. The molecule has 0 fully saturated rings. The molecule has 0 radical (unpaired) electrons. The molecule has 0 spiro atoms. The Balaban J connectivity index is 1.45. The van der Waals surface area contributed by atoms with Crippen LogP contribution in [0.3, 0.4) is 0 Å². The first-order valence-corrected chi connectivity index (χ1v) is 13.7. The molecule has 1 aromatic heterocycles. The fourth-order valence-electron chi connectivity index (χ4n) is 4.41. The van der Waals surface area contributed by atoms with E-state index in [1.165, 1.54) is 18.3 Å². The summed E-state index contributed by atoms with van der Waals surface area (Å²) < 4.78 is 25.1. The van der Waals surface area contributed by atoms with Crippen molar-refractivity contribution in [3.8, 4) is 17.6 Å². The molecule has 0 aliphatic rings. The van der Waals surface area contributed by atoms with Gasteiger partial charge in [-0.25, -0.2) is 4.39 Å². The predicted molar refractivity (Wildman–Crippen MR) is 167 cm³/mol. The van der Waals surface area contributed by atoms with E-state index < -0.39 is 5.91 Å². The van der Waals surface area contributed by atoms with E-state index in [-0.39, 0.29) is 18.0 Å². The summed E-state index contributed by atoms with van der Waals surface area (Å²) in [4.78, 5) is 17.6. The number of nitrogens with zero attached hydrogens (tertiary/aromatic N) is 2. The maximum absolute atomic E-state index is 13.5. The van der Waals surface area contributed by atoms with E-state index in [1.807, 2.05) is 25.1 Å². The van der Waals surface area contributed by atoms with E-state index >= 15 is 0 Å². The Hall–Kier alpha value is -5.39. The molecule has 0 aliphatic heterocycles. The smallest absolute Gasteiger partial charge is 0.255 e. The van der Waals surface area contributed by atoms with Crippen molar-refractivity contribution in [3.05, 3.63) is 125 Å². The number of carbonyl (C=O) groups is 1. The number of halogens is 2. The van der Waals surface area contributed by atoms with Gasteiger partial charge in [0.2, 0.25) is 0 Å². The maximum atomic E-state index is 13.5. The number of fused-ring (bicyclic) bond motifs is 1. The van der Waals surface area contributed by atoms with Crippen molar-refractivity contribution in [2.24, 2.45) is 0 Å². The third-order valence-corrected chi connectivity index (χ3v) is 6.81. The molecular weight excluding hydrogens is 567 g/mol. The van der Waals surface area contributed by atoms with Crippen LogP contribution in [0.15, 0.2) is 97.7 Å². The number of ether oxygens (including phenoxy) is 2. The number of benzene rings is 4. The van der Waals surface area contributed by atoms with Crippen LogP contribution < -0.4 is 20.1 Å². The summed E-state index contributed by atoms with van der Waals surface area (Å²) in [5.74, 6) is 0.102. The van der Waals surface area contributed by atoms with Gasteiger partial charge in [0.1, 0.15) is 30.0 Å². The van der Waals surface area contributed by atoms with Crippen LogP contribution in [0.5, 0.6) is 11.5 Å². The van der Waals surface area contributed by atoms with Gasteiger partial charge in [-0.15, -0.1) is 0 Å². The third kappa shape index (κ3) is 6.75. The molecule has 1 heterocycles. The van der Waals surface area contributed by atoms with Gasteiger partial charge in [-0.1, -0.05) is 60.6 Å². The number of pyridine rings is 1. The zero-order valence-corrected chi connectivity index (χ0v) is 23.9. The molecule has 0 aliphatic carbocycles. The minimum Gasteiger partial charge on any atom is -0.492 e. The van der Waals surface area contributed by atoms with E-state index in [9.17, 15) is 14.4 Å². The Morgan fingerprint density at radius 1 is 1.02 bits per heavy atom. The standard InChI is InChI=1S/C34H26ClFN4O3/c1-3-42-32-17-29-27(16-30(32)40-34(41)21(2)23-9-5-4-6-10-23)33(24(18-37)19-38-29)39-26-12-13-31(28(35)15-26)43-20-22-8-7-11-25(36)14-22/h4-17,19H,2-3,20H2,1H3,(H,38,39)(H,40,41). The zero-order valence-electron chi connectivity index (χ0n) is 23.2. The highest BCUT2D eigenvalue weighted by atomic mass is 35.5. The van der Waals surface area contributed by atoms with Gasteiger partial charge in [-0.3, -0.25) is 9.78 Å². The van der Waals surface area contributed by atoms with E-state index in [0.717, 1.165) is 0 Å². The molecule has 0 atom stereocenters. The van der Waals surface area contributed by atoms with Gasteiger partial charge >= 0.3 is 0 Å². The van der Waals surface area contributed by atoms with Crippen molar-refractivity contribution in [2.75, 3.05) is 17.2 Å². The zero-order chi connectivity index (χ0) is 30.3. The molecule has 7 nitrogen and oxygen atoms in total. The molecule has 9 heteroatoms. The topological polar surface area (TPSA) is 96.3 Å². The lowest BCUT2D eigenvalue weighted by Gasteiger charge is -2.17. The van der Waals surface area contributed by atoms with Crippen molar-refractivity contribution in [1.82, 2.24) is 4.98 Å². The van der Waals surface area contributed by atoms with Gasteiger partial charge < -0.3 is 20.1 Å². The van der Waals surface area contributed by atoms with Gasteiger partial charge in [0, 0.05) is 28.9 Å². The van der Waals surface area contributed by atoms with Crippen molar-refractivity contribution in [2.45, 2.75) is 13.5 Å². The number of hydrogen-bond donors (Lipinski definition) is 2. The van der Waals surface area contributed by atoms with Gasteiger partial charge in [0.15, 0.2) is 0 Å². The monoisotopic (exact) mass is 592 g/mol. The Morgan fingerprint density at radius 3 is 2.56 bits per heavy atom. The number of carbonyl (C=O) groups excluding carboxylic acids is 1. The molecule has 0 saturated carbocycles. The average Bonchev–Trinajstić information content (AvgIpc) is 3.01. The maximum Gasteiger partial charge on any atom is 0.255 e. The van der Waals surface area contributed by atoms with Crippen LogP contribution in [-0.4, -0.2) is 17.5 Å². The molecular formula is C34H26ClFN4O3. The fourth-order valence-corrected chi connectivity index (χ4v) is 4.64. The molecule has 5 aromatic rings. The second-order valence-corrected chi connectivity index (χ2v) is 9.85. The lowest BCUT2D eigenvalue weighted by molar-refractivity contribution is -0.111. The van der Waals surface area contributed by atoms with Crippen LogP contribution >= 0.6 is 11.6 Å². The van der Waals surface area contributed by atoms with Crippen molar-refractivity contribution in [1.29, 1.82) is 5.26 Å².